The van der Waals surface area contributed by atoms with Crippen molar-refractivity contribution in [2.75, 3.05) is 11.9 Å². The van der Waals surface area contributed by atoms with E-state index in [1.54, 1.807) is 24.3 Å². The highest BCUT2D eigenvalue weighted by Crippen LogP contribution is 2.14. The smallest absolute Gasteiger partial charge is 0.251 e. The Kier molecular flexibility index (Phi) is 7.60. The highest BCUT2D eigenvalue weighted by atomic mass is 16.3. The van der Waals surface area contributed by atoms with Gasteiger partial charge in [-0.2, -0.15) is 0 Å². The molecule has 0 heterocycles. The monoisotopic (exact) mass is 306 g/mol. The topological polar surface area (TPSA) is 78.4 Å². The summed E-state index contributed by atoms with van der Waals surface area (Å²) < 4.78 is 0. The summed E-state index contributed by atoms with van der Waals surface area (Å²) in [7, 11) is 0. The number of hydrogen-bond acceptors (Lipinski definition) is 3. The van der Waals surface area contributed by atoms with Gasteiger partial charge in [-0.3, -0.25) is 9.59 Å². The van der Waals surface area contributed by atoms with Gasteiger partial charge in [0.1, 0.15) is 0 Å². The third-order valence-corrected chi connectivity index (χ3v) is 3.82. The molecule has 5 nitrogen and oxygen atoms in total. The standard InChI is InChI=1S/C17H26N2O3/c1-4-12(5-2)16(21)19-15-9-7-13(8-10-15)17(22)18-14(6-3)11-20/h7-10,12,14,20H,4-6,11H2,1-3H3,(H,18,22)(H,19,21). The third kappa shape index (κ3) is 5.15. The molecule has 122 valence electrons. The van der Waals surface area contributed by atoms with Crippen molar-refractivity contribution >= 4 is 17.5 Å². The van der Waals surface area contributed by atoms with Crippen LogP contribution in [0.2, 0.25) is 0 Å². The predicted octanol–water partition coefficient (Wildman–Crippen LogP) is 2.56. The zero-order valence-electron chi connectivity index (χ0n) is 13.6. The Bertz CT molecular complexity index is 477. The number of rotatable bonds is 8. The number of nitrogens with one attached hydrogen (secondary N) is 2. The molecule has 1 atom stereocenters. The molecule has 0 saturated carbocycles. The first-order valence-corrected chi connectivity index (χ1v) is 7.88. The Hall–Kier alpha value is -1.88. The van der Waals surface area contributed by atoms with E-state index in [4.69, 9.17) is 5.11 Å². The van der Waals surface area contributed by atoms with Crippen LogP contribution in [0.15, 0.2) is 24.3 Å². The average molecular weight is 306 g/mol. The van der Waals surface area contributed by atoms with Crippen molar-refractivity contribution in [1.29, 1.82) is 0 Å². The first-order chi connectivity index (χ1) is 10.5. The molecule has 5 heteroatoms. The number of carbonyl (C=O) groups excluding carboxylic acids is 2. The Morgan fingerprint density at radius 2 is 1.64 bits per heavy atom. The molecule has 0 saturated heterocycles. The molecular weight excluding hydrogens is 280 g/mol. The number of aliphatic hydroxyl groups excluding tert-OH is 1. The molecule has 3 N–H and O–H groups in total. The highest BCUT2D eigenvalue weighted by Gasteiger charge is 2.15. The summed E-state index contributed by atoms with van der Waals surface area (Å²) in [5.41, 5.74) is 1.19. The molecule has 0 spiro atoms. The second-order valence-electron chi connectivity index (χ2n) is 5.34. The van der Waals surface area contributed by atoms with E-state index >= 15 is 0 Å². The maximum atomic E-state index is 12.0. The summed E-state index contributed by atoms with van der Waals surface area (Å²) in [4.78, 5) is 24.0. The Morgan fingerprint density at radius 3 is 2.09 bits per heavy atom. The first kappa shape index (κ1) is 18.2. The SMILES string of the molecule is CCC(CO)NC(=O)c1ccc(NC(=O)C(CC)CC)cc1. The van der Waals surface area contributed by atoms with Crippen molar-refractivity contribution in [1.82, 2.24) is 5.32 Å². The molecule has 0 aliphatic rings. The second-order valence-corrected chi connectivity index (χ2v) is 5.34. The molecule has 1 aromatic rings. The van der Waals surface area contributed by atoms with E-state index in [0.29, 0.717) is 17.7 Å². The minimum Gasteiger partial charge on any atom is -0.394 e. The third-order valence-electron chi connectivity index (χ3n) is 3.82. The van der Waals surface area contributed by atoms with E-state index in [2.05, 4.69) is 10.6 Å². The molecule has 1 aromatic carbocycles. The number of carbonyl (C=O) groups is 2. The van der Waals surface area contributed by atoms with Gasteiger partial charge >= 0.3 is 0 Å². The fourth-order valence-electron chi connectivity index (χ4n) is 2.15. The molecule has 1 unspecified atom stereocenters. The zero-order valence-corrected chi connectivity index (χ0v) is 13.6. The molecule has 0 radical (unpaired) electrons. The predicted molar refractivity (Wildman–Crippen MR) is 87.8 cm³/mol. The first-order valence-electron chi connectivity index (χ1n) is 7.88. The fourth-order valence-corrected chi connectivity index (χ4v) is 2.15. The van der Waals surface area contributed by atoms with E-state index in [9.17, 15) is 9.59 Å². The van der Waals surface area contributed by atoms with Gasteiger partial charge in [0.2, 0.25) is 5.91 Å². The van der Waals surface area contributed by atoms with Gasteiger partial charge in [0.15, 0.2) is 0 Å². The zero-order chi connectivity index (χ0) is 16.5. The van der Waals surface area contributed by atoms with Gasteiger partial charge in [0.25, 0.3) is 5.91 Å². The quantitative estimate of drug-likeness (QED) is 0.690. The van der Waals surface area contributed by atoms with Crippen molar-refractivity contribution in [3.8, 4) is 0 Å². The van der Waals surface area contributed by atoms with Crippen LogP contribution in [0.3, 0.4) is 0 Å². The summed E-state index contributed by atoms with van der Waals surface area (Å²) >= 11 is 0. The van der Waals surface area contributed by atoms with E-state index in [-0.39, 0.29) is 30.4 Å². The lowest BCUT2D eigenvalue weighted by molar-refractivity contribution is -0.120. The van der Waals surface area contributed by atoms with Gasteiger partial charge in [-0.25, -0.2) is 0 Å². The van der Waals surface area contributed by atoms with E-state index in [1.807, 2.05) is 20.8 Å². The molecule has 2 amide bonds. The molecule has 1 rings (SSSR count). The van der Waals surface area contributed by atoms with Crippen molar-refractivity contribution in [2.45, 2.75) is 46.1 Å². The summed E-state index contributed by atoms with van der Waals surface area (Å²) in [5, 5.41) is 14.7. The van der Waals surface area contributed by atoms with Crippen LogP contribution in [0.4, 0.5) is 5.69 Å². The summed E-state index contributed by atoms with van der Waals surface area (Å²) in [6.45, 7) is 5.81. The maximum Gasteiger partial charge on any atom is 0.251 e. The summed E-state index contributed by atoms with van der Waals surface area (Å²) in [5.74, 6) is -0.204. The number of amides is 2. The van der Waals surface area contributed by atoms with E-state index in [1.165, 1.54) is 0 Å². The molecule has 22 heavy (non-hydrogen) atoms. The van der Waals surface area contributed by atoms with Crippen LogP contribution in [0, 0.1) is 5.92 Å². The van der Waals surface area contributed by atoms with Gasteiger partial charge in [0.05, 0.1) is 12.6 Å². The Labute approximate surface area is 132 Å². The lowest BCUT2D eigenvalue weighted by Crippen LogP contribution is -2.36. The van der Waals surface area contributed by atoms with Crippen molar-refractivity contribution in [3.05, 3.63) is 29.8 Å². The van der Waals surface area contributed by atoms with Crippen LogP contribution < -0.4 is 10.6 Å². The van der Waals surface area contributed by atoms with Crippen LogP contribution in [-0.4, -0.2) is 29.6 Å². The van der Waals surface area contributed by atoms with Crippen LogP contribution in [0.25, 0.3) is 0 Å². The fraction of sp³-hybridized carbons (Fsp3) is 0.529. The van der Waals surface area contributed by atoms with E-state index in [0.717, 1.165) is 12.8 Å². The average Bonchev–Trinajstić information content (AvgIpc) is 2.54. The second kappa shape index (κ2) is 9.20. The summed E-state index contributed by atoms with van der Waals surface area (Å²) in [6.07, 6.45) is 2.29. The number of hydrogen-bond donors (Lipinski definition) is 3. The van der Waals surface area contributed by atoms with Gasteiger partial charge in [-0.05, 0) is 43.5 Å². The molecule has 0 aliphatic carbocycles. The van der Waals surface area contributed by atoms with E-state index < -0.39 is 0 Å². The van der Waals surface area contributed by atoms with Crippen LogP contribution in [0.1, 0.15) is 50.4 Å². The maximum absolute atomic E-state index is 12.0. The molecule has 0 bridgehead atoms. The Balaban J connectivity index is 2.66. The molecule has 0 aromatic heterocycles. The number of aliphatic hydroxyl groups is 1. The lowest BCUT2D eigenvalue weighted by atomic mass is 10.0. The highest BCUT2D eigenvalue weighted by molar-refractivity contribution is 5.96. The van der Waals surface area contributed by atoms with Gasteiger partial charge < -0.3 is 15.7 Å². The minimum atomic E-state index is -0.234. The summed E-state index contributed by atoms with van der Waals surface area (Å²) in [6, 6.07) is 6.54. The number of benzene rings is 1. The molecule has 0 aliphatic heterocycles. The Morgan fingerprint density at radius 1 is 1.05 bits per heavy atom. The normalized spacial score (nSPS) is 12.0. The van der Waals surface area contributed by atoms with Crippen LogP contribution >= 0.6 is 0 Å². The van der Waals surface area contributed by atoms with Gasteiger partial charge in [-0.1, -0.05) is 20.8 Å². The number of anilines is 1. The van der Waals surface area contributed by atoms with Crippen LogP contribution in [0.5, 0.6) is 0 Å². The molecular formula is C17H26N2O3. The molecule has 0 fully saturated rings. The largest absolute Gasteiger partial charge is 0.394 e. The lowest BCUT2D eigenvalue weighted by Gasteiger charge is -2.15. The van der Waals surface area contributed by atoms with Crippen LogP contribution in [-0.2, 0) is 4.79 Å². The van der Waals surface area contributed by atoms with Crippen molar-refractivity contribution in [3.63, 3.8) is 0 Å². The van der Waals surface area contributed by atoms with Crippen molar-refractivity contribution < 1.29 is 14.7 Å². The van der Waals surface area contributed by atoms with Gasteiger partial charge in [-0.15, -0.1) is 0 Å². The van der Waals surface area contributed by atoms with Crippen molar-refractivity contribution in [2.24, 2.45) is 5.92 Å². The minimum absolute atomic E-state index is 0.00790. The van der Waals surface area contributed by atoms with Gasteiger partial charge in [0, 0.05) is 17.2 Å².